The Hall–Kier alpha value is -1.62. The minimum Gasteiger partial charge on any atom is -0.435 e. The molecule has 0 aliphatic heterocycles. The molecule has 21 heavy (non-hydrogen) atoms. The zero-order valence-corrected chi connectivity index (χ0v) is 13.2. The van der Waals surface area contributed by atoms with E-state index in [1.165, 1.54) is 6.07 Å². The number of alkyl halides is 2. The van der Waals surface area contributed by atoms with Crippen LogP contribution in [0.4, 0.5) is 14.5 Å². The topological polar surface area (TPSA) is 12.5 Å². The van der Waals surface area contributed by atoms with Gasteiger partial charge < -0.3 is 9.64 Å². The van der Waals surface area contributed by atoms with E-state index in [4.69, 9.17) is 0 Å². The van der Waals surface area contributed by atoms with Crippen LogP contribution in [-0.2, 0) is 6.54 Å². The predicted octanol–water partition coefficient (Wildman–Crippen LogP) is 5.08. The fourth-order valence-electron chi connectivity index (χ4n) is 2.10. The molecule has 0 heterocycles. The lowest BCUT2D eigenvalue weighted by molar-refractivity contribution is -0.0498. The third kappa shape index (κ3) is 4.70. The number of nitrogens with zero attached hydrogens (tertiary/aromatic N) is 1. The van der Waals surface area contributed by atoms with Crippen molar-refractivity contribution in [3.63, 3.8) is 0 Å². The van der Waals surface area contributed by atoms with E-state index in [0.717, 1.165) is 22.3 Å². The lowest BCUT2D eigenvalue weighted by Crippen LogP contribution is -2.22. The van der Waals surface area contributed by atoms with Crippen LogP contribution in [0.2, 0.25) is 0 Å². The molecule has 2 aromatic rings. The molecule has 0 aliphatic rings. The van der Waals surface area contributed by atoms with Crippen LogP contribution in [0.15, 0.2) is 53.0 Å². The summed E-state index contributed by atoms with van der Waals surface area (Å²) in [4.78, 5) is 2.10. The largest absolute Gasteiger partial charge is 0.435 e. The summed E-state index contributed by atoms with van der Waals surface area (Å²) < 4.78 is 30.0. The molecule has 0 bridgehead atoms. The molecule has 0 radical (unpaired) electrons. The van der Waals surface area contributed by atoms with E-state index in [1.807, 2.05) is 37.3 Å². The van der Waals surface area contributed by atoms with Gasteiger partial charge in [-0.05, 0) is 36.8 Å². The lowest BCUT2D eigenvalue weighted by Gasteiger charge is -2.24. The summed E-state index contributed by atoms with van der Waals surface area (Å²) in [7, 11) is 0. The Morgan fingerprint density at radius 1 is 1.14 bits per heavy atom. The van der Waals surface area contributed by atoms with Crippen molar-refractivity contribution in [3.05, 3.63) is 58.6 Å². The Morgan fingerprint density at radius 2 is 1.90 bits per heavy atom. The maximum absolute atomic E-state index is 12.3. The number of halogens is 3. The second kappa shape index (κ2) is 7.41. The fraction of sp³-hybridized carbons (Fsp3) is 0.250. The second-order valence-electron chi connectivity index (χ2n) is 4.52. The zero-order chi connectivity index (χ0) is 15.2. The number of hydrogen-bond donors (Lipinski definition) is 0. The van der Waals surface area contributed by atoms with Gasteiger partial charge in [-0.15, -0.1) is 0 Å². The Balaban J connectivity index is 2.17. The molecule has 0 atom stereocenters. The first kappa shape index (κ1) is 15.8. The number of hydrogen-bond acceptors (Lipinski definition) is 2. The molecule has 0 saturated carbocycles. The molecule has 5 heteroatoms. The van der Waals surface area contributed by atoms with Crippen LogP contribution in [0.3, 0.4) is 0 Å². The number of benzene rings is 2. The highest BCUT2D eigenvalue weighted by atomic mass is 79.9. The Morgan fingerprint density at radius 3 is 2.57 bits per heavy atom. The minimum atomic E-state index is -2.81. The van der Waals surface area contributed by atoms with Crippen molar-refractivity contribution in [3.8, 4) is 5.75 Å². The summed E-state index contributed by atoms with van der Waals surface area (Å²) >= 11 is 3.45. The fourth-order valence-corrected chi connectivity index (χ4v) is 2.54. The third-order valence-electron chi connectivity index (χ3n) is 3.05. The standard InChI is InChI=1S/C16H16BrF2NO/c1-2-20(11-12-5-3-6-13(17)9-12)14-7-4-8-15(10-14)21-16(18)19/h3-10,16H,2,11H2,1H3. The van der Waals surface area contributed by atoms with E-state index < -0.39 is 6.61 Å². The van der Waals surface area contributed by atoms with Gasteiger partial charge in [0.15, 0.2) is 0 Å². The molecule has 0 unspecified atom stereocenters. The van der Waals surface area contributed by atoms with E-state index in [1.54, 1.807) is 12.1 Å². The molecular weight excluding hydrogens is 340 g/mol. The quantitative estimate of drug-likeness (QED) is 0.716. The molecule has 0 aliphatic carbocycles. The van der Waals surface area contributed by atoms with E-state index >= 15 is 0 Å². The van der Waals surface area contributed by atoms with Crippen molar-refractivity contribution in [1.82, 2.24) is 0 Å². The Bertz CT molecular complexity index is 592. The number of rotatable bonds is 6. The molecular formula is C16H16BrF2NO. The van der Waals surface area contributed by atoms with Crippen molar-refractivity contribution in [1.29, 1.82) is 0 Å². The van der Waals surface area contributed by atoms with Gasteiger partial charge in [0.25, 0.3) is 0 Å². The van der Waals surface area contributed by atoms with Gasteiger partial charge in [-0.2, -0.15) is 8.78 Å². The van der Waals surface area contributed by atoms with Crippen molar-refractivity contribution >= 4 is 21.6 Å². The highest BCUT2D eigenvalue weighted by Crippen LogP contribution is 2.24. The third-order valence-corrected chi connectivity index (χ3v) is 3.55. The lowest BCUT2D eigenvalue weighted by atomic mass is 10.2. The maximum Gasteiger partial charge on any atom is 0.387 e. The maximum atomic E-state index is 12.3. The smallest absolute Gasteiger partial charge is 0.387 e. The van der Waals surface area contributed by atoms with Crippen LogP contribution in [-0.4, -0.2) is 13.2 Å². The summed E-state index contributed by atoms with van der Waals surface area (Å²) in [5.74, 6) is 0.176. The predicted molar refractivity (Wildman–Crippen MR) is 83.9 cm³/mol. The first-order valence-electron chi connectivity index (χ1n) is 6.62. The molecule has 0 fully saturated rings. The summed E-state index contributed by atoms with van der Waals surface area (Å²) in [6, 6.07) is 14.8. The number of ether oxygens (including phenoxy) is 1. The van der Waals surface area contributed by atoms with Gasteiger partial charge in [0.2, 0.25) is 0 Å². The monoisotopic (exact) mass is 355 g/mol. The van der Waals surface area contributed by atoms with E-state index in [0.29, 0.717) is 6.54 Å². The van der Waals surface area contributed by atoms with Crippen LogP contribution in [0.5, 0.6) is 5.75 Å². The average molecular weight is 356 g/mol. The molecule has 0 saturated heterocycles. The van der Waals surface area contributed by atoms with Gasteiger partial charge in [0.1, 0.15) is 5.75 Å². The van der Waals surface area contributed by atoms with Crippen molar-refractivity contribution < 1.29 is 13.5 Å². The van der Waals surface area contributed by atoms with Crippen LogP contribution >= 0.6 is 15.9 Å². The minimum absolute atomic E-state index is 0.176. The molecule has 2 aromatic carbocycles. The molecule has 0 amide bonds. The van der Waals surface area contributed by atoms with Crippen molar-refractivity contribution in [2.75, 3.05) is 11.4 Å². The summed E-state index contributed by atoms with van der Waals surface area (Å²) in [6.07, 6.45) is 0. The van der Waals surface area contributed by atoms with E-state index in [9.17, 15) is 8.78 Å². The second-order valence-corrected chi connectivity index (χ2v) is 5.44. The van der Waals surface area contributed by atoms with Gasteiger partial charge >= 0.3 is 6.61 Å². The molecule has 2 nitrogen and oxygen atoms in total. The van der Waals surface area contributed by atoms with Crippen molar-refractivity contribution in [2.45, 2.75) is 20.1 Å². The normalized spacial score (nSPS) is 10.7. The highest BCUT2D eigenvalue weighted by molar-refractivity contribution is 9.10. The summed E-state index contributed by atoms with van der Waals surface area (Å²) in [5.41, 5.74) is 2.00. The van der Waals surface area contributed by atoms with Gasteiger partial charge in [-0.1, -0.05) is 34.1 Å². The summed E-state index contributed by atoms with van der Waals surface area (Å²) in [6.45, 7) is 0.692. The Labute approximate surface area is 131 Å². The van der Waals surface area contributed by atoms with Gasteiger partial charge in [-0.3, -0.25) is 0 Å². The van der Waals surface area contributed by atoms with Crippen LogP contribution in [0.1, 0.15) is 12.5 Å². The van der Waals surface area contributed by atoms with Crippen LogP contribution in [0, 0.1) is 0 Å². The van der Waals surface area contributed by atoms with E-state index in [-0.39, 0.29) is 5.75 Å². The first-order chi connectivity index (χ1) is 10.1. The first-order valence-corrected chi connectivity index (χ1v) is 7.42. The number of anilines is 1. The molecule has 2 rings (SSSR count). The average Bonchev–Trinajstić information content (AvgIpc) is 2.44. The molecule has 0 aromatic heterocycles. The molecule has 112 valence electrons. The summed E-state index contributed by atoms with van der Waals surface area (Å²) in [5, 5.41) is 0. The van der Waals surface area contributed by atoms with Gasteiger partial charge in [0, 0.05) is 29.3 Å². The Kier molecular flexibility index (Phi) is 5.56. The van der Waals surface area contributed by atoms with Gasteiger partial charge in [-0.25, -0.2) is 0 Å². The van der Waals surface area contributed by atoms with Crippen LogP contribution in [0.25, 0.3) is 0 Å². The molecule has 0 N–H and O–H groups in total. The molecule has 0 spiro atoms. The van der Waals surface area contributed by atoms with Gasteiger partial charge in [0.05, 0.1) is 0 Å². The zero-order valence-electron chi connectivity index (χ0n) is 11.6. The van der Waals surface area contributed by atoms with E-state index in [2.05, 4.69) is 25.6 Å². The highest BCUT2D eigenvalue weighted by Gasteiger charge is 2.09. The SMILES string of the molecule is CCN(Cc1cccc(Br)c1)c1cccc(OC(F)F)c1. The van der Waals surface area contributed by atoms with Crippen LogP contribution < -0.4 is 9.64 Å². The van der Waals surface area contributed by atoms with Crippen molar-refractivity contribution in [2.24, 2.45) is 0 Å².